The Kier molecular flexibility index (Phi) is 6.07. The van der Waals surface area contributed by atoms with Crippen molar-refractivity contribution in [1.82, 2.24) is 0 Å². The van der Waals surface area contributed by atoms with Crippen molar-refractivity contribution in [2.24, 2.45) is 4.74 Å². The highest BCUT2D eigenvalue weighted by atomic mass is 31.1. The SMILES string of the molecule is COC(C)(N=[P+]([O-])Oc1ccccc1)C(=O)OC(C)C. The molecule has 0 amide bonds. The van der Waals surface area contributed by atoms with Gasteiger partial charge < -0.3 is 14.4 Å². The van der Waals surface area contributed by atoms with E-state index in [4.69, 9.17) is 14.0 Å². The van der Waals surface area contributed by atoms with Crippen LogP contribution in [0.3, 0.4) is 0 Å². The van der Waals surface area contributed by atoms with Gasteiger partial charge in [0.15, 0.2) is 5.75 Å². The summed E-state index contributed by atoms with van der Waals surface area (Å²) < 4.78 is 18.9. The maximum atomic E-state index is 11.9. The van der Waals surface area contributed by atoms with Crippen molar-refractivity contribution >= 4 is 14.1 Å². The first-order valence-corrected chi connectivity index (χ1v) is 7.19. The van der Waals surface area contributed by atoms with Crippen molar-refractivity contribution < 1.29 is 23.7 Å². The first-order valence-electron chi connectivity index (χ1n) is 6.06. The summed E-state index contributed by atoms with van der Waals surface area (Å²) >= 11 is 0. The first kappa shape index (κ1) is 16.6. The zero-order chi connectivity index (χ0) is 15.2. The molecule has 1 aromatic rings. The molecule has 2 unspecified atom stereocenters. The van der Waals surface area contributed by atoms with E-state index in [0.717, 1.165) is 0 Å². The summed E-state index contributed by atoms with van der Waals surface area (Å²) in [5.74, 6) is -0.317. The lowest BCUT2D eigenvalue weighted by Gasteiger charge is -2.20. The summed E-state index contributed by atoms with van der Waals surface area (Å²) in [6, 6.07) is 8.55. The van der Waals surface area contributed by atoms with Gasteiger partial charge in [-0.3, -0.25) is 4.52 Å². The number of nitrogens with zero attached hydrogens (tertiary/aromatic N) is 1. The maximum Gasteiger partial charge on any atom is 0.398 e. The molecule has 0 aliphatic heterocycles. The molecule has 0 aromatic heterocycles. The number of carbonyl (C=O) groups is 1. The van der Waals surface area contributed by atoms with Gasteiger partial charge in [-0.25, -0.2) is 4.79 Å². The topological polar surface area (TPSA) is 80.2 Å². The lowest BCUT2D eigenvalue weighted by molar-refractivity contribution is -0.179. The highest BCUT2D eigenvalue weighted by molar-refractivity contribution is 7.34. The molecule has 0 spiro atoms. The second kappa shape index (κ2) is 7.33. The summed E-state index contributed by atoms with van der Waals surface area (Å²) in [5, 5.41) is 0. The molecule has 2 atom stereocenters. The standard InChI is InChI=1S/C13H18NO5P/c1-10(2)18-12(15)13(3,17-4)14-20(16)19-11-8-6-5-7-9-11/h5-10H,1-4H3. The van der Waals surface area contributed by atoms with Crippen LogP contribution in [-0.2, 0) is 14.3 Å². The van der Waals surface area contributed by atoms with Gasteiger partial charge >= 0.3 is 14.1 Å². The largest absolute Gasteiger partial charge is 0.575 e. The number of rotatable bonds is 6. The molecule has 1 aromatic carbocycles. The van der Waals surface area contributed by atoms with E-state index in [0.29, 0.717) is 5.75 Å². The second-order valence-electron chi connectivity index (χ2n) is 4.38. The monoisotopic (exact) mass is 299 g/mol. The average Bonchev–Trinajstić information content (AvgIpc) is 2.38. The van der Waals surface area contributed by atoms with Crippen molar-refractivity contribution in [3.63, 3.8) is 0 Å². The molecule has 7 heteroatoms. The van der Waals surface area contributed by atoms with E-state index >= 15 is 0 Å². The predicted molar refractivity (Wildman–Crippen MR) is 73.1 cm³/mol. The minimum atomic E-state index is -2.46. The van der Waals surface area contributed by atoms with Crippen LogP contribution in [0.4, 0.5) is 0 Å². The molecule has 6 nitrogen and oxygen atoms in total. The summed E-state index contributed by atoms with van der Waals surface area (Å²) in [7, 11) is -1.17. The number of benzene rings is 1. The van der Waals surface area contributed by atoms with Crippen LogP contribution >= 0.6 is 8.17 Å². The van der Waals surface area contributed by atoms with Crippen LogP contribution in [0, 0.1) is 0 Å². The third-order valence-electron chi connectivity index (χ3n) is 2.32. The highest BCUT2D eigenvalue weighted by Crippen LogP contribution is 2.28. The van der Waals surface area contributed by atoms with Gasteiger partial charge in [0, 0.05) is 14.0 Å². The van der Waals surface area contributed by atoms with Crippen LogP contribution in [0.25, 0.3) is 0 Å². The quantitative estimate of drug-likeness (QED) is 0.594. The number of carbonyl (C=O) groups excluding carboxylic acids is 1. The van der Waals surface area contributed by atoms with E-state index in [1.54, 1.807) is 44.2 Å². The molecule has 1 rings (SSSR count). The predicted octanol–water partition coefficient (Wildman–Crippen LogP) is 2.24. The van der Waals surface area contributed by atoms with Gasteiger partial charge in [0.25, 0.3) is 5.72 Å². The summed E-state index contributed by atoms with van der Waals surface area (Å²) in [6.07, 6.45) is -0.319. The molecule has 0 saturated heterocycles. The lowest BCUT2D eigenvalue weighted by Crippen LogP contribution is -2.38. The van der Waals surface area contributed by atoms with Crippen molar-refractivity contribution in [2.45, 2.75) is 32.6 Å². The molecule has 0 radical (unpaired) electrons. The Labute approximate surface area is 119 Å². The van der Waals surface area contributed by atoms with Gasteiger partial charge in [-0.15, -0.1) is 0 Å². The zero-order valence-electron chi connectivity index (χ0n) is 11.9. The minimum absolute atomic E-state index is 0.319. The number of methoxy groups -OCH3 is 1. The van der Waals surface area contributed by atoms with Crippen LogP contribution in [0.5, 0.6) is 5.75 Å². The molecular formula is C13H18NO5P. The number of hydrogen-bond donors (Lipinski definition) is 0. The molecule has 0 fully saturated rings. The van der Waals surface area contributed by atoms with E-state index in [1.165, 1.54) is 14.0 Å². The third kappa shape index (κ3) is 4.89. The third-order valence-corrected chi connectivity index (χ3v) is 3.23. The molecule has 0 heterocycles. The molecule has 0 aliphatic carbocycles. The fraction of sp³-hybridized carbons (Fsp3) is 0.462. The Bertz CT molecular complexity index is 477. The summed E-state index contributed by atoms with van der Waals surface area (Å²) in [4.78, 5) is 23.7. The first-order chi connectivity index (χ1) is 9.37. The average molecular weight is 299 g/mol. The Morgan fingerprint density at radius 2 is 1.95 bits per heavy atom. The molecule has 0 aliphatic rings. The lowest BCUT2D eigenvalue weighted by atomic mass is 10.3. The van der Waals surface area contributed by atoms with E-state index < -0.39 is 19.9 Å². The Morgan fingerprint density at radius 3 is 2.45 bits per heavy atom. The molecule has 0 saturated carbocycles. The van der Waals surface area contributed by atoms with Crippen LogP contribution in [-0.4, -0.2) is 24.9 Å². The Hall–Kier alpha value is -1.49. The van der Waals surface area contributed by atoms with Gasteiger partial charge in [-0.1, -0.05) is 18.2 Å². The van der Waals surface area contributed by atoms with E-state index in [2.05, 4.69) is 4.74 Å². The van der Waals surface area contributed by atoms with Gasteiger partial charge in [-0.05, 0) is 30.7 Å². The zero-order valence-corrected chi connectivity index (χ0v) is 12.8. The minimum Gasteiger partial charge on any atom is -0.575 e. The summed E-state index contributed by atoms with van der Waals surface area (Å²) in [5.41, 5.74) is -1.66. The van der Waals surface area contributed by atoms with Gasteiger partial charge in [0.05, 0.1) is 6.10 Å². The van der Waals surface area contributed by atoms with Crippen molar-refractivity contribution in [3.05, 3.63) is 30.3 Å². The number of ether oxygens (including phenoxy) is 2. The molecule has 0 bridgehead atoms. The number of esters is 1. The van der Waals surface area contributed by atoms with Crippen LogP contribution in [0.2, 0.25) is 0 Å². The van der Waals surface area contributed by atoms with E-state index in [9.17, 15) is 9.69 Å². The van der Waals surface area contributed by atoms with Gasteiger partial charge in [-0.2, -0.15) is 0 Å². The normalized spacial score (nSPS) is 14.8. The summed E-state index contributed by atoms with van der Waals surface area (Å²) in [6.45, 7) is 4.78. The number of hydrogen-bond acceptors (Lipinski definition) is 6. The molecule has 0 N–H and O–H groups in total. The van der Waals surface area contributed by atoms with E-state index in [-0.39, 0.29) is 6.10 Å². The van der Waals surface area contributed by atoms with Crippen LogP contribution < -0.4 is 9.42 Å². The highest BCUT2D eigenvalue weighted by Gasteiger charge is 2.39. The number of para-hydroxylation sites is 1. The molecule has 110 valence electrons. The smallest absolute Gasteiger partial charge is 0.398 e. The maximum absolute atomic E-state index is 11.9. The fourth-order valence-corrected chi connectivity index (χ4v) is 2.05. The van der Waals surface area contributed by atoms with Gasteiger partial charge in [0.2, 0.25) is 0 Å². The van der Waals surface area contributed by atoms with Gasteiger partial charge in [0.1, 0.15) is 0 Å². The van der Waals surface area contributed by atoms with Crippen LogP contribution in [0.15, 0.2) is 35.1 Å². The Balaban J connectivity index is 2.84. The fourth-order valence-electron chi connectivity index (χ4n) is 1.24. The van der Waals surface area contributed by atoms with Crippen molar-refractivity contribution in [2.75, 3.05) is 7.11 Å². The van der Waals surface area contributed by atoms with E-state index in [1.807, 2.05) is 0 Å². The molecular weight excluding hydrogens is 281 g/mol. The molecule has 20 heavy (non-hydrogen) atoms. The van der Waals surface area contributed by atoms with Crippen molar-refractivity contribution in [3.8, 4) is 5.75 Å². The second-order valence-corrected chi connectivity index (χ2v) is 5.24. The Morgan fingerprint density at radius 1 is 1.35 bits per heavy atom. The van der Waals surface area contributed by atoms with Crippen molar-refractivity contribution in [1.29, 1.82) is 0 Å². The van der Waals surface area contributed by atoms with Crippen LogP contribution in [0.1, 0.15) is 20.8 Å².